The summed E-state index contributed by atoms with van der Waals surface area (Å²) in [5.41, 5.74) is 9.97. The van der Waals surface area contributed by atoms with Crippen molar-refractivity contribution in [2.75, 3.05) is 55.5 Å². The highest BCUT2D eigenvalue weighted by Gasteiger charge is 2.11. The van der Waals surface area contributed by atoms with Crippen LogP contribution < -0.4 is 21.5 Å². The molecule has 5 rings (SSSR count). The van der Waals surface area contributed by atoms with Crippen LogP contribution in [0.2, 0.25) is 0 Å². The second-order valence-corrected chi connectivity index (χ2v) is 9.72. The molecular weight excluding hydrogens is 544 g/mol. The van der Waals surface area contributed by atoms with E-state index in [-0.39, 0.29) is 11.4 Å². The number of hydrazine groups is 1. The molecule has 2 aromatic carbocycles. The number of carbonyl (C=O) groups excluding carboxylic acids is 1. The molecule has 226 valence electrons. The molecule has 0 aliphatic carbocycles. The summed E-state index contributed by atoms with van der Waals surface area (Å²) in [7, 11) is 0. The number of aromatic hydroxyl groups is 1. The molecule has 11 heteroatoms. The van der Waals surface area contributed by atoms with E-state index in [1.165, 1.54) is 0 Å². The van der Waals surface area contributed by atoms with Gasteiger partial charge in [-0.1, -0.05) is 38.1 Å². The van der Waals surface area contributed by atoms with Crippen LogP contribution in [0, 0.1) is 6.92 Å². The third-order valence-corrected chi connectivity index (χ3v) is 6.55. The number of aryl methyl sites for hydroxylation is 1. The van der Waals surface area contributed by atoms with Gasteiger partial charge in [0, 0.05) is 37.1 Å². The molecule has 11 nitrogen and oxygen atoms in total. The normalized spacial score (nSPS) is 12.9. The summed E-state index contributed by atoms with van der Waals surface area (Å²) < 4.78 is 5.39. The Balaban J connectivity index is 0.00000207. The molecule has 0 atom stereocenters. The third kappa shape index (κ3) is 9.66. The smallest absolute Gasteiger partial charge is 0.288 e. The number of phenolic OH excluding ortho intramolecular Hbond substituents is 1. The van der Waals surface area contributed by atoms with Crippen LogP contribution in [-0.4, -0.2) is 70.3 Å². The van der Waals surface area contributed by atoms with Gasteiger partial charge in [0.15, 0.2) is 0 Å². The van der Waals surface area contributed by atoms with Crippen LogP contribution in [0.4, 0.5) is 23.1 Å². The van der Waals surface area contributed by atoms with Gasteiger partial charge in [0.25, 0.3) is 5.91 Å². The van der Waals surface area contributed by atoms with Crippen LogP contribution in [0.15, 0.2) is 72.9 Å². The van der Waals surface area contributed by atoms with E-state index in [4.69, 9.17) is 4.74 Å². The van der Waals surface area contributed by atoms with Crippen molar-refractivity contribution >= 4 is 29.0 Å². The van der Waals surface area contributed by atoms with E-state index in [0.717, 1.165) is 74.0 Å². The molecule has 5 N–H and O–H groups in total. The maximum absolute atomic E-state index is 12.7. The number of hydrogen-bond acceptors (Lipinski definition) is 10. The van der Waals surface area contributed by atoms with Crippen molar-refractivity contribution in [2.45, 2.75) is 27.2 Å². The Morgan fingerprint density at radius 3 is 2.44 bits per heavy atom. The molecule has 1 aliphatic rings. The van der Waals surface area contributed by atoms with Gasteiger partial charge in [-0.15, -0.1) is 0 Å². The molecule has 1 aliphatic heterocycles. The summed E-state index contributed by atoms with van der Waals surface area (Å²) in [6.07, 6.45) is 2.59. The number of hydrogen-bond donors (Lipinski definition) is 5. The van der Waals surface area contributed by atoms with E-state index >= 15 is 0 Å². The van der Waals surface area contributed by atoms with E-state index < -0.39 is 5.91 Å². The monoisotopic (exact) mass is 584 g/mol. The van der Waals surface area contributed by atoms with E-state index in [9.17, 15) is 9.90 Å². The minimum absolute atomic E-state index is 0.231. The number of ether oxygens (including phenoxy) is 1. The zero-order chi connectivity index (χ0) is 30.4. The first kappa shape index (κ1) is 31.2. The van der Waals surface area contributed by atoms with Gasteiger partial charge in [0.1, 0.15) is 17.3 Å². The Morgan fingerprint density at radius 2 is 1.72 bits per heavy atom. The third-order valence-electron chi connectivity index (χ3n) is 6.55. The molecule has 1 amide bonds. The summed E-state index contributed by atoms with van der Waals surface area (Å²) in [5, 5.41) is 16.3. The second kappa shape index (κ2) is 16.0. The number of nitrogens with one attached hydrogen (secondary N) is 4. The highest BCUT2D eigenvalue weighted by Crippen LogP contribution is 2.25. The Labute approximate surface area is 252 Å². The first-order valence-electron chi connectivity index (χ1n) is 14.6. The average Bonchev–Trinajstić information content (AvgIpc) is 3.04. The quantitative estimate of drug-likeness (QED) is 0.118. The molecule has 0 bridgehead atoms. The topological polar surface area (TPSA) is 137 Å². The number of anilines is 4. The van der Waals surface area contributed by atoms with Gasteiger partial charge in [0.05, 0.1) is 25.1 Å². The molecule has 0 unspecified atom stereocenters. The van der Waals surface area contributed by atoms with Gasteiger partial charge >= 0.3 is 0 Å². The Bertz CT molecular complexity index is 1440. The van der Waals surface area contributed by atoms with E-state index in [2.05, 4.69) is 41.3 Å². The first-order chi connectivity index (χ1) is 21.0. The number of morpholine rings is 1. The maximum atomic E-state index is 12.7. The largest absolute Gasteiger partial charge is 0.508 e. The SMILES string of the molecule is CC.Cc1cc(NCCCN2CCOCC2)nc(NNC(=O)c2ccc(Nc3ccc(-c4cccc(O)c4)cc3)cn2)n1. The van der Waals surface area contributed by atoms with Crippen LogP contribution in [0.1, 0.15) is 36.5 Å². The molecule has 43 heavy (non-hydrogen) atoms. The van der Waals surface area contributed by atoms with Crippen LogP contribution in [-0.2, 0) is 4.74 Å². The lowest BCUT2D eigenvalue weighted by atomic mass is 10.1. The number of benzene rings is 2. The second-order valence-electron chi connectivity index (χ2n) is 9.72. The van der Waals surface area contributed by atoms with Crippen molar-refractivity contribution < 1.29 is 14.6 Å². The number of pyridine rings is 1. The lowest BCUT2D eigenvalue weighted by Gasteiger charge is -2.26. The molecule has 0 spiro atoms. The van der Waals surface area contributed by atoms with Gasteiger partial charge in [0.2, 0.25) is 5.95 Å². The fourth-order valence-corrected chi connectivity index (χ4v) is 4.44. The van der Waals surface area contributed by atoms with Gasteiger partial charge in [-0.3, -0.25) is 20.5 Å². The van der Waals surface area contributed by atoms with Crippen molar-refractivity contribution in [3.05, 3.63) is 84.3 Å². The number of phenols is 1. The van der Waals surface area contributed by atoms with Gasteiger partial charge in [-0.2, -0.15) is 4.98 Å². The van der Waals surface area contributed by atoms with Crippen LogP contribution >= 0.6 is 0 Å². The predicted octanol–water partition coefficient (Wildman–Crippen LogP) is 5.21. The van der Waals surface area contributed by atoms with Crippen molar-refractivity contribution in [3.63, 3.8) is 0 Å². The fourth-order valence-electron chi connectivity index (χ4n) is 4.44. The van der Waals surface area contributed by atoms with E-state index in [1.54, 1.807) is 30.5 Å². The summed E-state index contributed by atoms with van der Waals surface area (Å²) >= 11 is 0. The zero-order valence-electron chi connectivity index (χ0n) is 24.9. The number of carbonyl (C=O) groups is 1. The standard InChI is InChI=1S/C30H34N8O3.C2H6/c1-21-18-28(31-12-3-13-38-14-16-41-17-15-38)35-30(33-21)37-36-29(40)27-11-10-25(20-32-27)34-24-8-6-22(7-9-24)23-4-2-5-26(39)19-23;1-2/h2,4-11,18-20,34,39H,3,12-17H2,1H3,(H,36,40)(H2,31,33,35,37);1-2H3. The summed E-state index contributed by atoms with van der Waals surface area (Å²) in [6, 6.07) is 20.2. The molecule has 4 aromatic rings. The van der Waals surface area contributed by atoms with Gasteiger partial charge < -0.3 is 20.5 Å². The predicted molar refractivity (Wildman–Crippen MR) is 171 cm³/mol. The van der Waals surface area contributed by atoms with Crippen LogP contribution in [0.25, 0.3) is 11.1 Å². The molecule has 3 heterocycles. The first-order valence-corrected chi connectivity index (χ1v) is 14.6. The van der Waals surface area contributed by atoms with Crippen LogP contribution in [0.5, 0.6) is 5.75 Å². The fraction of sp³-hybridized carbons (Fsp3) is 0.312. The Hall–Kier alpha value is -4.74. The lowest BCUT2D eigenvalue weighted by Crippen LogP contribution is -2.37. The highest BCUT2D eigenvalue weighted by molar-refractivity contribution is 5.93. The van der Waals surface area contributed by atoms with Crippen molar-refractivity contribution in [2.24, 2.45) is 0 Å². The van der Waals surface area contributed by atoms with E-state index in [1.807, 2.05) is 63.2 Å². The number of amides is 1. The Morgan fingerprint density at radius 1 is 0.953 bits per heavy atom. The number of nitrogens with zero attached hydrogens (tertiary/aromatic N) is 4. The van der Waals surface area contributed by atoms with Gasteiger partial charge in [-0.25, -0.2) is 9.97 Å². The molecule has 0 saturated carbocycles. The van der Waals surface area contributed by atoms with Crippen LogP contribution in [0.3, 0.4) is 0 Å². The molecule has 2 aromatic heterocycles. The molecular formula is C32H40N8O3. The summed E-state index contributed by atoms with van der Waals surface area (Å²) in [6.45, 7) is 11.2. The highest BCUT2D eigenvalue weighted by atomic mass is 16.5. The Kier molecular flexibility index (Phi) is 11.6. The minimum Gasteiger partial charge on any atom is -0.508 e. The molecule has 0 radical (unpaired) electrons. The van der Waals surface area contributed by atoms with Crippen molar-refractivity contribution in [3.8, 4) is 16.9 Å². The average molecular weight is 585 g/mol. The maximum Gasteiger partial charge on any atom is 0.288 e. The zero-order valence-corrected chi connectivity index (χ0v) is 24.9. The minimum atomic E-state index is -0.405. The number of rotatable bonds is 11. The molecule has 1 saturated heterocycles. The molecule has 1 fully saturated rings. The summed E-state index contributed by atoms with van der Waals surface area (Å²) in [4.78, 5) is 28.1. The lowest BCUT2D eigenvalue weighted by molar-refractivity contribution is 0.0378. The summed E-state index contributed by atoms with van der Waals surface area (Å²) in [5.74, 6) is 0.812. The number of aromatic nitrogens is 3. The van der Waals surface area contributed by atoms with Crippen molar-refractivity contribution in [1.29, 1.82) is 0 Å². The van der Waals surface area contributed by atoms with E-state index in [0.29, 0.717) is 11.8 Å². The van der Waals surface area contributed by atoms with Gasteiger partial charge in [-0.05, 0) is 67.4 Å². The van der Waals surface area contributed by atoms with Crippen molar-refractivity contribution in [1.82, 2.24) is 25.3 Å².